The van der Waals surface area contributed by atoms with E-state index in [1.165, 1.54) is 4.31 Å². The number of nitrogens with one attached hydrogen (secondary N) is 1. The largest absolute Gasteiger partial charge is 0.377 e. The summed E-state index contributed by atoms with van der Waals surface area (Å²) in [5.41, 5.74) is 1.87. The first-order valence-corrected chi connectivity index (χ1v) is 12.1. The average molecular weight is 491 g/mol. The van der Waals surface area contributed by atoms with E-state index in [1.54, 1.807) is 30.3 Å². The summed E-state index contributed by atoms with van der Waals surface area (Å²) >= 11 is 3.34. The van der Waals surface area contributed by atoms with Crippen molar-refractivity contribution in [3.05, 3.63) is 74.5 Å². The standard InChI is InChI=1S/C22H23BrN2O4S/c1-15-4-2-5-16-12-17(22(26)24-21(15)16)13-25(14-19-6-3-11-29-19)30(27,28)20-9-7-18(23)8-10-20/h2,4-5,7-10,12,19H,3,6,11,13-14H2,1H3,(H,24,26)/t19-/m0/s1. The minimum atomic E-state index is -3.80. The van der Waals surface area contributed by atoms with E-state index in [-0.39, 0.29) is 29.6 Å². The molecule has 0 saturated carbocycles. The number of halogens is 1. The molecule has 6 nitrogen and oxygen atoms in total. The van der Waals surface area contributed by atoms with Gasteiger partial charge in [0.05, 0.1) is 16.5 Å². The number of para-hydroxylation sites is 1. The van der Waals surface area contributed by atoms with Crippen molar-refractivity contribution >= 4 is 36.9 Å². The third-order valence-electron chi connectivity index (χ3n) is 5.39. The smallest absolute Gasteiger partial charge is 0.252 e. The average Bonchev–Trinajstić information content (AvgIpc) is 3.22. The predicted octanol–water partition coefficient (Wildman–Crippen LogP) is 3.97. The quantitative estimate of drug-likeness (QED) is 0.566. The van der Waals surface area contributed by atoms with Crippen LogP contribution in [0.5, 0.6) is 0 Å². The zero-order valence-corrected chi connectivity index (χ0v) is 19.0. The van der Waals surface area contributed by atoms with E-state index in [0.29, 0.717) is 12.2 Å². The minimum Gasteiger partial charge on any atom is -0.377 e. The summed E-state index contributed by atoms with van der Waals surface area (Å²) in [6, 6.07) is 14.1. The molecule has 0 amide bonds. The number of ether oxygens (including phenoxy) is 1. The fourth-order valence-electron chi connectivity index (χ4n) is 3.75. The van der Waals surface area contributed by atoms with Gasteiger partial charge in [-0.3, -0.25) is 4.79 Å². The Morgan fingerprint density at radius 2 is 1.97 bits per heavy atom. The molecule has 0 unspecified atom stereocenters. The summed E-state index contributed by atoms with van der Waals surface area (Å²) in [6.45, 7) is 2.76. The van der Waals surface area contributed by atoms with Gasteiger partial charge >= 0.3 is 0 Å². The Hall–Kier alpha value is -2.00. The molecule has 1 N–H and O–H groups in total. The summed E-state index contributed by atoms with van der Waals surface area (Å²) in [6.07, 6.45) is 1.55. The molecule has 1 aliphatic rings. The highest BCUT2D eigenvalue weighted by Gasteiger charge is 2.30. The zero-order valence-electron chi connectivity index (χ0n) is 16.6. The Labute approximate surface area is 184 Å². The zero-order chi connectivity index (χ0) is 21.3. The Balaban J connectivity index is 1.73. The first-order chi connectivity index (χ1) is 14.3. The van der Waals surface area contributed by atoms with Crippen LogP contribution < -0.4 is 5.56 Å². The molecule has 0 spiro atoms. The summed E-state index contributed by atoms with van der Waals surface area (Å²) in [4.78, 5) is 15.9. The number of hydrogen-bond acceptors (Lipinski definition) is 4. The van der Waals surface area contributed by atoms with Gasteiger partial charge in [-0.25, -0.2) is 8.42 Å². The number of hydrogen-bond donors (Lipinski definition) is 1. The van der Waals surface area contributed by atoms with Crippen LogP contribution in [0, 0.1) is 6.92 Å². The number of aryl methyl sites for hydroxylation is 1. The van der Waals surface area contributed by atoms with E-state index in [9.17, 15) is 13.2 Å². The third kappa shape index (κ3) is 4.37. The fourth-order valence-corrected chi connectivity index (χ4v) is 5.47. The van der Waals surface area contributed by atoms with Crippen LogP contribution >= 0.6 is 15.9 Å². The van der Waals surface area contributed by atoms with Crippen molar-refractivity contribution < 1.29 is 13.2 Å². The lowest BCUT2D eigenvalue weighted by Gasteiger charge is -2.25. The van der Waals surface area contributed by atoms with Gasteiger partial charge in [-0.05, 0) is 61.0 Å². The second kappa shape index (κ2) is 8.63. The van der Waals surface area contributed by atoms with E-state index in [2.05, 4.69) is 20.9 Å². The van der Waals surface area contributed by atoms with Crippen LogP contribution in [-0.2, 0) is 21.3 Å². The molecular weight excluding hydrogens is 468 g/mol. The van der Waals surface area contributed by atoms with Gasteiger partial charge in [-0.15, -0.1) is 0 Å². The lowest BCUT2D eigenvalue weighted by Crippen LogP contribution is -2.38. The first-order valence-electron chi connectivity index (χ1n) is 9.83. The van der Waals surface area contributed by atoms with Crippen LogP contribution in [0.25, 0.3) is 10.9 Å². The Morgan fingerprint density at radius 1 is 1.20 bits per heavy atom. The van der Waals surface area contributed by atoms with Gasteiger partial charge < -0.3 is 9.72 Å². The normalized spacial score (nSPS) is 17.1. The molecule has 0 bridgehead atoms. The molecule has 1 fully saturated rings. The number of fused-ring (bicyclic) bond motifs is 1. The van der Waals surface area contributed by atoms with Crippen LogP contribution in [0.3, 0.4) is 0 Å². The molecule has 2 aromatic carbocycles. The predicted molar refractivity (Wildman–Crippen MR) is 120 cm³/mol. The lowest BCUT2D eigenvalue weighted by atomic mass is 10.1. The van der Waals surface area contributed by atoms with Gasteiger partial charge in [-0.2, -0.15) is 4.31 Å². The Kier molecular flexibility index (Phi) is 6.11. The van der Waals surface area contributed by atoms with Crippen molar-refractivity contribution in [2.24, 2.45) is 0 Å². The van der Waals surface area contributed by atoms with Crippen molar-refractivity contribution in [1.82, 2.24) is 9.29 Å². The lowest BCUT2D eigenvalue weighted by molar-refractivity contribution is 0.0925. The summed E-state index contributed by atoms with van der Waals surface area (Å²) in [5, 5.41) is 0.878. The second-order valence-electron chi connectivity index (χ2n) is 7.55. The molecule has 30 heavy (non-hydrogen) atoms. The molecule has 158 valence electrons. The molecule has 1 saturated heterocycles. The van der Waals surface area contributed by atoms with E-state index in [1.807, 2.05) is 25.1 Å². The highest BCUT2D eigenvalue weighted by atomic mass is 79.9. The molecule has 0 radical (unpaired) electrons. The Morgan fingerprint density at radius 3 is 2.67 bits per heavy atom. The number of aromatic nitrogens is 1. The van der Waals surface area contributed by atoms with Crippen LogP contribution in [0.15, 0.2) is 62.7 Å². The van der Waals surface area contributed by atoms with Gasteiger partial charge in [0, 0.05) is 29.7 Å². The van der Waals surface area contributed by atoms with Crippen molar-refractivity contribution in [1.29, 1.82) is 0 Å². The summed E-state index contributed by atoms with van der Waals surface area (Å²) < 4.78 is 34.7. The van der Waals surface area contributed by atoms with Crippen molar-refractivity contribution in [3.63, 3.8) is 0 Å². The number of sulfonamides is 1. The molecular formula is C22H23BrN2O4S. The van der Waals surface area contributed by atoms with Gasteiger partial charge in [0.25, 0.3) is 5.56 Å². The summed E-state index contributed by atoms with van der Waals surface area (Å²) in [7, 11) is -3.80. The maximum atomic E-state index is 13.4. The Bertz CT molecular complexity index is 1220. The van der Waals surface area contributed by atoms with Gasteiger partial charge in [0.15, 0.2) is 0 Å². The van der Waals surface area contributed by atoms with Crippen LogP contribution in [0.4, 0.5) is 0 Å². The van der Waals surface area contributed by atoms with E-state index >= 15 is 0 Å². The van der Waals surface area contributed by atoms with Gasteiger partial charge in [-0.1, -0.05) is 34.1 Å². The van der Waals surface area contributed by atoms with Crippen LogP contribution in [-0.4, -0.2) is 37.0 Å². The maximum absolute atomic E-state index is 13.4. The highest BCUT2D eigenvalue weighted by Crippen LogP contribution is 2.24. The fraction of sp³-hybridized carbons (Fsp3) is 0.318. The molecule has 4 rings (SSSR count). The summed E-state index contributed by atoms with van der Waals surface area (Å²) in [5.74, 6) is 0. The third-order valence-corrected chi connectivity index (χ3v) is 7.75. The van der Waals surface area contributed by atoms with Crippen molar-refractivity contribution in [2.45, 2.75) is 37.3 Å². The number of rotatable bonds is 6. The minimum absolute atomic E-state index is 0.0164. The van der Waals surface area contributed by atoms with E-state index in [0.717, 1.165) is 33.8 Å². The number of pyridine rings is 1. The number of H-pyrrole nitrogens is 1. The van der Waals surface area contributed by atoms with Gasteiger partial charge in [0.2, 0.25) is 10.0 Å². The molecule has 0 aliphatic carbocycles. The number of nitrogens with zero attached hydrogens (tertiary/aromatic N) is 1. The van der Waals surface area contributed by atoms with E-state index < -0.39 is 10.0 Å². The van der Waals surface area contributed by atoms with Crippen molar-refractivity contribution in [2.75, 3.05) is 13.2 Å². The monoisotopic (exact) mass is 490 g/mol. The second-order valence-corrected chi connectivity index (χ2v) is 10.4. The molecule has 1 aromatic heterocycles. The molecule has 1 atom stereocenters. The molecule has 8 heteroatoms. The SMILES string of the molecule is Cc1cccc2cc(CN(C[C@@H]3CCCO3)S(=O)(=O)c3ccc(Br)cc3)c(=O)[nH]c12. The maximum Gasteiger partial charge on any atom is 0.252 e. The van der Waals surface area contributed by atoms with Crippen molar-refractivity contribution in [3.8, 4) is 0 Å². The van der Waals surface area contributed by atoms with Gasteiger partial charge in [0.1, 0.15) is 0 Å². The van der Waals surface area contributed by atoms with Crippen LogP contribution in [0.1, 0.15) is 24.0 Å². The highest BCUT2D eigenvalue weighted by molar-refractivity contribution is 9.10. The molecule has 3 aromatic rings. The number of benzene rings is 2. The number of aromatic amines is 1. The van der Waals surface area contributed by atoms with E-state index in [4.69, 9.17) is 4.74 Å². The molecule has 1 aliphatic heterocycles. The van der Waals surface area contributed by atoms with Crippen LogP contribution in [0.2, 0.25) is 0 Å². The molecule has 2 heterocycles. The first kappa shape index (κ1) is 21.2. The topological polar surface area (TPSA) is 79.5 Å².